The Morgan fingerprint density at radius 1 is 1.10 bits per heavy atom. The summed E-state index contributed by atoms with van der Waals surface area (Å²) in [4.78, 5) is 48.1. The van der Waals surface area contributed by atoms with Crippen LogP contribution in [0.3, 0.4) is 0 Å². The molecule has 1 aliphatic carbocycles. The lowest BCUT2D eigenvalue weighted by atomic mass is 10.0. The number of nitrogens with one attached hydrogen (secondary N) is 2. The number of hydrogen-bond donors (Lipinski definition) is 3. The molecule has 256 valence electrons. The monoisotopic (exact) mass is 687 g/mol. The molecule has 0 spiro atoms. The van der Waals surface area contributed by atoms with Crippen LogP contribution >= 0.6 is 0 Å². The number of aromatic nitrogens is 2. The van der Waals surface area contributed by atoms with E-state index in [9.17, 15) is 36.9 Å². The largest absolute Gasteiger partial charge is 0.481 e. The third kappa shape index (κ3) is 7.77. The molecule has 2 aliphatic rings. The summed E-state index contributed by atoms with van der Waals surface area (Å²) in [6.07, 6.45) is 4.39. The molecule has 0 saturated carbocycles. The molecule has 3 atom stereocenters. The molecule has 11 nitrogen and oxygen atoms in total. The van der Waals surface area contributed by atoms with Gasteiger partial charge in [-0.05, 0) is 76.3 Å². The van der Waals surface area contributed by atoms with Gasteiger partial charge >= 0.3 is 12.1 Å². The number of halogens is 3. The van der Waals surface area contributed by atoms with Crippen molar-refractivity contribution in [3.05, 3.63) is 64.9 Å². The van der Waals surface area contributed by atoms with Crippen molar-refractivity contribution in [1.82, 2.24) is 15.3 Å². The van der Waals surface area contributed by atoms with E-state index in [0.717, 1.165) is 29.8 Å². The normalized spacial score (nSPS) is 18.2. The molecule has 1 fully saturated rings. The van der Waals surface area contributed by atoms with Crippen molar-refractivity contribution in [2.45, 2.75) is 75.3 Å². The number of pyridine rings is 2. The lowest BCUT2D eigenvalue weighted by Gasteiger charge is -2.37. The number of ether oxygens (including phenoxy) is 1. The minimum absolute atomic E-state index is 0.113. The maximum atomic E-state index is 14.9. The lowest BCUT2D eigenvalue weighted by molar-refractivity contribution is -0.137. The third-order valence-corrected chi connectivity index (χ3v) is 9.00. The molecule has 5 rings (SSSR count). The predicted octanol–water partition coefficient (Wildman–Crippen LogP) is 5.55. The molecule has 0 bridgehead atoms. The van der Waals surface area contributed by atoms with Gasteiger partial charge in [0, 0.05) is 52.7 Å². The number of piperidine rings is 1. The number of amides is 2. The van der Waals surface area contributed by atoms with Crippen LogP contribution in [0.1, 0.15) is 74.1 Å². The van der Waals surface area contributed by atoms with E-state index >= 15 is 0 Å². The first-order valence-corrected chi connectivity index (χ1v) is 17.0. The second kappa shape index (κ2) is 13.9. The number of hydrogen-bond acceptors (Lipinski definition) is 8. The fourth-order valence-corrected chi connectivity index (χ4v) is 6.66. The highest BCUT2D eigenvalue weighted by molar-refractivity contribution is 7.84. The molecule has 3 N–H and O–H groups in total. The van der Waals surface area contributed by atoms with Gasteiger partial charge in [-0.1, -0.05) is 0 Å². The van der Waals surface area contributed by atoms with Gasteiger partial charge in [0.25, 0.3) is 5.91 Å². The number of carboxylic acid groups (broad SMARTS) is 1. The number of anilines is 2. The highest BCUT2D eigenvalue weighted by Gasteiger charge is 2.34. The van der Waals surface area contributed by atoms with Crippen LogP contribution in [-0.4, -0.2) is 68.2 Å². The van der Waals surface area contributed by atoms with Gasteiger partial charge in [0.05, 0.1) is 29.6 Å². The molecule has 3 aromatic rings. The predicted molar refractivity (Wildman–Crippen MR) is 172 cm³/mol. The van der Waals surface area contributed by atoms with Crippen LogP contribution < -0.4 is 15.5 Å². The van der Waals surface area contributed by atoms with Crippen molar-refractivity contribution in [3.8, 4) is 11.3 Å². The first-order chi connectivity index (χ1) is 22.6. The van der Waals surface area contributed by atoms with Crippen molar-refractivity contribution in [3.63, 3.8) is 0 Å². The maximum absolute atomic E-state index is 14.9. The van der Waals surface area contributed by atoms with E-state index in [1.54, 1.807) is 20.8 Å². The number of fused-ring (bicyclic) bond motifs is 1. The summed E-state index contributed by atoms with van der Waals surface area (Å²) in [7, 11) is -1.70. The molecule has 2 aromatic heterocycles. The Kier molecular flexibility index (Phi) is 10.1. The Hall–Kier alpha value is -4.53. The van der Waals surface area contributed by atoms with Crippen molar-refractivity contribution in [2.24, 2.45) is 0 Å². The highest BCUT2D eigenvalue weighted by atomic mass is 32.2. The molecule has 1 aliphatic heterocycles. The topological polar surface area (TPSA) is 151 Å². The molecular weight excluding hydrogens is 651 g/mol. The van der Waals surface area contributed by atoms with Crippen LogP contribution in [0, 0.1) is 17.5 Å². The Labute approximate surface area is 277 Å². The van der Waals surface area contributed by atoms with Crippen LogP contribution in [0.25, 0.3) is 11.3 Å². The molecule has 15 heteroatoms. The van der Waals surface area contributed by atoms with E-state index in [0.29, 0.717) is 50.2 Å². The number of carboxylic acids is 1. The fourth-order valence-electron chi connectivity index (χ4n) is 6.12. The van der Waals surface area contributed by atoms with Crippen LogP contribution in [-0.2, 0) is 26.8 Å². The van der Waals surface area contributed by atoms with Gasteiger partial charge in [-0.2, -0.15) is 0 Å². The number of aliphatic carboxylic acids is 1. The quantitative estimate of drug-likeness (QED) is 0.277. The van der Waals surface area contributed by atoms with Gasteiger partial charge in [-0.25, -0.2) is 22.9 Å². The first-order valence-electron chi connectivity index (χ1n) is 15.4. The number of carbonyl (C=O) groups is 3. The van der Waals surface area contributed by atoms with Crippen LogP contribution in [0.4, 0.5) is 29.3 Å². The standard InChI is InChI=1S/C33H36F3N5O6S/c1-33(2,3)47-32(45)38-18-6-5-11-41(16-18)30-20-8-7-17(12-26(42)43)28(20)37-15-25(30)40-31(44)24-10-9-21(34)29(39-24)27-22(35)13-19(48(4)46)14-23(27)36/h9-10,13-15,17-18H,5-8,11-12,16H2,1-4H3,(H,38,45)(H,40,44)(H,42,43)/t17?,18-,48?/m0/s1. The summed E-state index contributed by atoms with van der Waals surface area (Å²) in [5.74, 6) is -5.56. The Balaban J connectivity index is 1.48. The summed E-state index contributed by atoms with van der Waals surface area (Å²) in [6, 6.07) is 3.31. The van der Waals surface area contributed by atoms with Gasteiger partial charge < -0.3 is 25.4 Å². The number of benzene rings is 1. The van der Waals surface area contributed by atoms with Gasteiger partial charge in [0.15, 0.2) is 0 Å². The number of rotatable bonds is 8. The molecule has 1 aromatic carbocycles. The van der Waals surface area contributed by atoms with Gasteiger partial charge in [0.2, 0.25) is 0 Å². The number of nitrogens with zero attached hydrogens (tertiary/aromatic N) is 3. The number of alkyl carbamates (subject to hydrolysis) is 1. The lowest BCUT2D eigenvalue weighted by Crippen LogP contribution is -2.49. The molecule has 3 heterocycles. The van der Waals surface area contributed by atoms with Gasteiger partial charge in [0.1, 0.15) is 34.4 Å². The Morgan fingerprint density at radius 3 is 2.46 bits per heavy atom. The van der Waals surface area contributed by atoms with E-state index in [-0.39, 0.29) is 34.7 Å². The average Bonchev–Trinajstić information content (AvgIpc) is 3.38. The van der Waals surface area contributed by atoms with Crippen molar-refractivity contribution < 1.29 is 41.6 Å². The van der Waals surface area contributed by atoms with Gasteiger partial charge in [-0.15, -0.1) is 0 Å². The van der Waals surface area contributed by atoms with E-state index < -0.39 is 63.1 Å². The second-order valence-corrected chi connectivity index (χ2v) is 14.2. The molecule has 1 saturated heterocycles. The summed E-state index contributed by atoms with van der Waals surface area (Å²) < 4.78 is 61.9. The van der Waals surface area contributed by atoms with Crippen LogP contribution in [0.15, 0.2) is 35.4 Å². The Morgan fingerprint density at radius 2 is 1.81 bits per heavy atom. The SMILES string of the molecule is CS(=O)c1cc(F)c(-c2nc(C(=O)Nc3cnc4c(c3N3CCC[C@H](NC(=O)OC(C)(C)C)C3)CCC4CC(=O)O)ccc2F)c(F)c1. The van der Waals surface area contributed by atoms with Crippen molar-refractivity contribution in [2.75, 3.05) is 29.6 Å². The molecule has 0 radical (unpaired) electrons. The number of carbonyl (C=O) groups excluding carboxylic acids is 2. The first kappa shape index (κ1) is 34.8. The summed E-state index contributed by atoms with van der Waals surface area (Å²) >= 11 is 0. The zero-order chi connectivity index (χ0) is 34.9. The zero-order valence-electron chi connectivity index (χ0n) is 26.9. The minimum Gasteiger partial charge on any atom is -0.481 e. The minimum atomic E-state index is -1.70. The molecule has 2 unspecified atom stereocenters. The summed E-state index contributed by atoms with van der Waals surface area (Å²) in [6.45, 7) is 6.21. The average molecular weight is 688 g/mol. The van der Waals surface area contributed by atoms with Crippen molar-refractivity contribution >= 4 is 40.1 Å². The highest BCUT2D eigenvalue weighted by Crippen LogP contribution is 2.43. The summed E-state index contributed by atoms with van der Waals surface area (Å²) in [5, 5.41) is 15.1. The van der Waals surface area contributed by atoms with Crippen LogP contribution in [0.2, 0.25) is 0 Å². The molecular formula is C33H36F3N5O6S. The van der Waals surface area contributed by atoms with E-state index in [2.05, 4.69) is 20.6 Å². The fraction of sp³-hybridized carbons (Fsp3) is 0.424. The van der Waals surface area contributed by atoms with E-state index in [1.807, 2.05) is 4.90 Å². The Bertz CT molecular complexity index is 1780. The third-order valence-electron chi connectivity index (χ3n) is 8.10. The summed E-state index contributed by atoms with van der Waals surface area (Å²) in [5.41, 5.74) is -0.316. The van der Waals surface area contributed by atoms with Crippen molar-refractivity contribution in [1.29, 1.82) is 0 Å². The smallest absolute Gasteiger partial charge is 0.407 e. The maximum Gasteiger partial charge on any atom is 0.407 e. The van der Waals surface area contributed by atoms with Gasteiger partial charge in [-0.3, -0.25) is 18.8 Å². The van der Waals surface area contributed by atoms with E-state index in [4.69, 9.17) is 4.74 Å². The van der Waals surface area contributed by atoms with Crippen LogP contribution in [0.5, 0.6) is 0 Å². The molecule has 48 heavy (non-hydrogen) atoms. The van der Waals surface area contributed by atoms with E-state index in [1.165, 1.54) is 12.5 Å². The zero-order valence-corrected chi connectivity index (χ0v) is 27.7. The second-order valence-electron chi connectivity index (χ2n) is 12.8. The molecule has 2 amide bonds.